The Morgan fingerprint density at radius 3 is 2.38 bits per heavy atom. The zero-order valence-corrected chi connectivity index (χ0v) is 10.3. The summed E-state index contributed by atoms with van der Waals surface area (Å²) in [6.45, 7) is 6.12. The third-order valence-corrected chi connectivity index (χ3v) is 3.30. The molecule has 1 nitrogen and oxygen atoms in total. The predicted molar refractivity (Wildman–Crippen MR) is 64.8 cm³/mol. The van der Waals surface area contributed by atoms with Gasteiger partial charge in [0.15, 0.2) is 0 Å². The number of hydrogen-bond donors (Lipinski definition) is 1. The lowest BCUT2D eigenvalue weighted by Crippen LogP contribution is -2.07. The molecular formula is C14H21FO. The van der Waals surface area contributed by atoms with E-state index in [1.807, 2.05) is 6.92 Å². The Bertz CT molecular complexity index is 332. The fraction of sp³-hybridized carbons (Fsp3) is 0.571. The number of hydrogen-bond acceptors (Lipinski definition) is 1. The molecule has 0 aromatic heterocycles. The summed E-state index contributed by atoms with van der Waals surface area (Å²) in [5.41, 5.74) is 1.69. The molecule has 1 aromatic carbocycles. The van der Waals surface area contributed by atoms with Crippen LogP contribution >= 0.6 is 0 Å². The van der Waals surface area contributed by atoms with Crippen molar-refractivity contribution >= 4 is 0 Å². The lowest BCUT2D eigenvalue weighted by molar-refractivity contribution is 0.140. The number of rotatable bonds is 5. The maximum Gasteiger partial charge on any atom is 0.123 e. The first-order valence-electron chi connectivity index (χ1n) is 6.02. The SMILES string of the molecule is CCC(CC)CC(O)c1ccc(F)cc1C. The molecule has 90 valence electrons. The van der Waals surface area contributed by atoms with Gasteiger partial charge in [0, 0.05) is 0 Å². The van der Waals surface area contributed by atoms with Crippen LogP contribution in [0.4, 0.5) is 4.39 Å². The van der Waals surface area contributed by atoms with Crippen LogP contribution in [-0.4, -0.2) is 5.11 Å². The molecule has 1 N–H and O–H groups in total. The van der Waals surface area contributed by atoms with Gasteiger partial charge in [-0.2, -0.15) is 0 Å². The van der Waals surface area contributed by atoms with Gasteiger partial charge in [0.05, 0.1) is 6.10 Å². The zero-order valence-electron chi connectivity index (χ0n) is 10.3. The highest BCUT2D eigenvalue weighted by molar-refractivity contribution is 5.28. The van der Waals surface area contributed by atoms with E-state index in [0.717, 1.165) is 30.4 Å². The molecule has 0 fully saturated rings. The van der Waals surface area contributed by atoms with Crippen LogP contribution in [0.5, 0.6) is 0 Å². The van der Waals surface area contributed by atoms with Gasteiger partial charge in [-0.3, -0.25) is 0 Å². The van der Waals surface area contributed by atoms with E-state index >= 15 is 0 Å². The summed E-state index contributed by atoms with van der Waals surface area (Å²) in [4.78, 5) is 0. The fourth-order valence-electron chi connectivity index (χ4n) is 2.08. The van der Waals surface area contributed by atoms with Crippen molar-refractivity contribution in [2.75, 3.05) is 0 Å². The van der Waals surface area contributed by atoms with Gasteiger partial charge in [-0.05, 0) is 42.5 Å². The Morgan fingerprint density at radius 1 is 1.25 bits per heavy atom. The second-order valence-electron chi connectivity index (χ2n) is 4.43. The van der Waals surface area contributed by atoms with Crippen LogP contribution in [0.2, 0.25) is 0 Å². The molecule has 0 aliphatic rings. The molecule has 0 heterocycles. The van der Waals surface area contributed by atoms with Gasteiger partial charge in [0.2, 0.25) is 0 Å². The lowest BCUT2D eigenvalue weighted by atomic mass is 9.91. The minimum Gasteiger partial charge on any atom is -0.388 e. The second-order valence-corrected chi connectivity index (χ2v) is 4.43. The molecule has 2 heteroatoms. The number of aliphatic hydroxyl groups excluding tert-OH is 1. The molecular weight excluding hydrogens is 203 g/mol. The zero-order chi connectivity index (χ0) is 12.1. The van der Waals surface area contributed by atoms with Crippen LogP contribution in [0.25, 0.3) is 0 Å². The molecule has 0 radical (unpaired) electrons. The first-order valence-corrected chi connectivity index (χ1v) is 6.02. The minimum atomic E-state index is -0.467. The molecule has 0 bridgehead atoms. The van der Waals surface area contributed by atoms with Crippen molar-refractivity contribution in [1.29, 1.82) is 0 Å². The van der Waals surface area contributed by atoms with Crippen molar-refractivity contribution in [2.24, 2.45) is 5.92 Å². The van der Waals surface area contributed by atoms with Crippen molar-refractivity contribution in [2.45, 2.75) is 46.1 Å². The maximum absolute atomic E-state index is 12.9. The van der Waals surface area contributed by atoms with Gasteiger partial charge >= 0.3 is 0 Å². The molecule has 1 rings (SSSR count). The average molecular weight is 224 g/mol. The molecule has 0 saturated heterocycles. The van der Waals surface area contributed by atoms with Gasteiger partial charge < -0.3 is 5.11 Å². The molecule has 0 aliphatic heterocycles. The van der Waals surface area contributed by atoms with Crippen LogP contribution < -0.4 is 0 Å². The summed E-state index contributed by atoms with van der Waals surface area (Å²) < 4.78 is 12.9. The van der Waals surface area contributed by atoms with Crippen molar-refractivity contribution in [1.82, 2.24) is 0 Å². The van der Waals surface area contributed by atoms with E-state index in [-0.39, 0.29) is 5.82 Å². The Kier molecular flexibility index (Phi) is 4.94. The monoisotopic (exact) mass is 224 g/mol. The van der Waals surface area contributed by atoms with Gasteiger partial charge in [-0.25, -0.2) is 4.39 Å². The van der Waals surface area contributed by atoms with Gasteiger partial charge in [-0.15, -0.1) is 0 Å². The molecule has 0 aliphatic carbocycles. The van der Waals surface area contributed by atoms with E-state index in [2.05, 4.69) is 13.8 Å². The molecule has 1 unspecified atom stereocenters. The number of aliphatic hydroxyl groups is 1. The van der Waals surface area contributed by atoms with Gasteiger partial charge in [0.1, 0.15) is 5.82 Å². The highest BCUT2D eigenvalue weighted by Crippen LogP contribution is 2.27. The topological polar surface area (TPSA) is 20.2 Å². The molecule has 1 atom stereocenters. The summed E-state index contributed by atoms with van der Waals surface area (Å²) in [5, 5.41) is 10.1. The van der Waals surface area contributed by atoms with E-state index in [9.17, 15) is 9.50 Å². The quantitative estimate of drug-likeness (QED) is 0.801. The molecule has 0 spiro atoms. The second kappa shape index (κ2) is 6.00. The average Bonchev–Trinajstić information content (AvgIpc) is 2.25. The van der Waals surface area contributed by atoms with Crippen LogP contribution in [0.1, 0.15) is 50.3 Å². The van der Waals surface area contributed by atoms with E-state index in [1.165, 1.54) is 12.1 Å². The van der Waals surface area contributed by atoms with Crippen LogP contribution in [-0.2, 0) is 0 Å². The fourth-order valence-corrected chi connectivity index (χ4v) is 2.08. The van der Waals surface area contributed by atoms with Crippen molar-refractivity contribution in [3.8, 4) is 0 Å². The predicted octanol–water partition coefficient (Wildman–Crippen LogP) is 3.99. The lowest BCUT2D eigenvalue weighted by Gasteiger charge is -2.19. The summed E-state index contributed by atoms with van der Waals surface area (Å²) in [5.74, 6) is 0.301. The Hall–Kier alpha value is -0.890. The first kappa shape index (κ1) is 13.2. The summed E-state index contributed by atoms with van der Waals surface area (Å²) >= 11 is 0. The Balaban J connectivity index is 2.76. The summed E-state index contributed by atoms with van der Waals surface area (Å²) in [6, 6.07) is 4.58. The van der Waals surface area contributed by atoms with Crippen molar-refractivity contribution < 1.29 is 9.50 Å². The number of benzene rings is 1. The highest BCUT2D eigenvalue weighted by atomic mass is 19.1. The van der Waals surface area contributed by atoms with Crippen molar-refractivity contribution in [3.05, 3.63) is 35.1 Å². The number of aryl methyl sites for hydroxylation is 1. The Morgan fingerprint density at radius 2 is 1.88 bits per heavy atom. The van der Waals surface area contributed by atoms with Crippen LogP contribution in [0.3, 0.4) is 0 Å². The molecule has 0 saturated carbocycles. The molecule has 0 amide bonds. The minimum absolute atomic E-state index is 0.240. The van der Waals surface area contributed by atoms with Crippen molar-refractivity contribution in [3.63, 3.8) is 0 Å². The largest absolute Gasteiger partial charge is 0.388 e. The van der Waals surface area contributed by atoms with E-state index in [4.69, 9.17) is 0 Å². The maximum atomic E-state index is 12.9. The van der Waals surface area contributed by atoms with E-state index in [0.29, 0.717) is 5.92 Å². The standard InChI is InChI=1S/C14H21FO/c1-4-11(5-2)9-14(16)13-7-6-12(15)8-10(13)3/h6-8,11,14,16H,4-5,9H2,1-3H3. The summed E-state index contributed by atoms with van der Waals surface area (Å²) in [7, 11) is 0. The highest BCUT2D eigenvalue weighted by Gasteiger charge is 2.15. The van der Waals surface area contributed by atoms with Crippen LogP contribution in [0, 0.1) is 18.7 Å². The third-order valence-electron chi connectivity index (χ3n) is 3.30. The van der Waals surface area contributed by atoms with E-state index in [1.54, 1.807) is 6.07 Å². The molecule has 1 aromatic rings. The van der Waals surface area contributed by atoms with Gasteiger partial charge in [-0.1, -0.05) is 32.8 Å². The van der Waals surface area contributed by atoms with Crippen LogP contribution in [0.15, 0.2) is 18.2 Å². The first-order chi connectivity index (χ1) is 7.58. The number of halogens is 1. The summed E-state index contributed by atoms with van der Waals surface area (Å²) in [6.07, 6.45) is 2.45. The third kappa shape index (κ3) is 3.31. The van der Waals surface area contributed by atoms with Gasteiger partial charge in [0.25, 0.3) is 0 Å². The molecule has 16 heavy (non-hydrogen) atoms. The normalized spacial score (nSPS) is 13.1. The Labute approximate surface area is 97.3 Å². The smallest absolute Gasteiger partial charge is 0.123 e. The van der Waals surface area contributed by atoms with E-state index < -0.39 is 6.10 Å².